The fraction of sp³-hybridized carbons (Fsp3) is 0.500. The predicted molar refractivity (Wildman–Crippen MR) is 240 cm³/mol. The van der Waals surface area contributed by atoms with Crippen molar-refractivity contribution < 1.29 is 24.2 Å². The average molecular weight is 829 g/mol. The number of benzene rings is 2. The zero-order valence-corrected chi connectivity index (χ0v) is 37.7. The fourth-order valence-corrected chi connectivity index (χ4v) is 8.01. The Kier molecular flexibility index (Phi) is 16.8. The molecule has 0 fully saturated rings. The molecule has 2 aliphatic rings. The van der Waals surface area contributed by atoms with Gasteiger partial charge in [0.05, 0.1) is 24.4 Å². The van der Waals surface area contributed by atoms with Crippen molar-refractivity contribution in [2.45, 2.75) is 118 Å². The van der Waals surface area contributed by atoms with Gasteiger partial charge in [0.15, 0.2) is 0 Å². The van der Waals surface area contributed by atoms with Gasteiger partial charge in [0.25, 0.3) is 11.8 Å². The standard InChI is InChI=1S/C32H33ClN4O4.C16H33NO/c1-18-12-13-21-16-27(35-31(41-5)28(18)21)24-10-6-9-23(29(24)33)22-8-7-11-26(19(22)2)34-30(39)25-17-37(14-15-38)20(3)36(4)32(25)40;1-7-13(5)11-12-16(9-3,10-4)17-15(18)14(6)8-2/h6-11,16-18,38H,3,12-15H2,1-2,4-5H3,(H,34,39);13-14H,7-12H2,1-6H3,(H,17,18). The van der Waals surface area contributed by atoms with E-state index in [2.05, 4.69) is 64.8 Å². The predicted octanol–water partition coefficient (Wildman–Crippen LogP) is 10.0. The molecule has 0 spiro atoms. The van der Waals surface area contributed by atoms with Crippen LogP contribution in [-0.2, 0) is 20.8 Å². The van der Waals surface area contributed by atoms with E-state index in [0.717, 1.165) is 72.4 Å². The van der Waals surface area contributed by atoms with Crippen molar-refractivity contribution in [3.05, 3.63) is 88.4 Å². The summed E-state index contributed by atoms with van der Waals surface area (Å²) in [5.74, 6) is 1.51. The molecule has 59 heavy (non-hydrogen) atoms. The quantitative estimate of drug-likeness (QED) is 0.123. The number of methoxy groups -OCH3 is 1. The van der Waals surface area contributed by atoms with Crippen LogP contribution in [0.25, 0.3) is 22.4 Å². The minimum absolute atomic E-state index is 0.0178. The average Bonchev–Trinajstić information content (AvgIpc) is 3.62. The van der Waals surface area contributed by atoms with Crippen molar-refractivity contribution in [3.8, 4) is 28.3 Å². The van der Waals surface area contributed by atoms with Gasteiger partial charge < -0.3 is 25.4 Å². The first kappa shape index (κ1) is 47.0. The number of β-amino-alcohol motifs (C(OH)–C–C–N with tert-alkyl or cyclic N) is 1. The van der Waals surface area contributed by atoms with E-state index in [-0.39, 0.29) is 36.1 Å². The minimum Gasteiger partial charge on any atom is -0.481 e. The molecular formula is C48H66ClN5O5. The van der Waals surface area contributed by atoms with E-state index in [1.807, 2.05) is 44.2 Å². The zero-order chi connectivity index (χ0) is 43.6. The van der Waals surface area contributed by atoms with Crippen LogP contribution in [0.5, 0.6) is 5.88 Å². The molecule has 0 bridgehead atoms. The normalized spacial score (nSPS) is 16.1. The number of halogens is 1. The summed E-state index contributed by atoms with van der Waals surface area (Å²) >= 11 is 7.04. The Balaban J connectivity index is 0.000000361. The maximum Gasteiger partial charge on any atom is 0.266 e. The van der Waals surface area contributed by atoms with Crippen LogP contribution in [0.2, 0.25) is 5.02 Å². The van der Waals surface area contributed by atoms with E-state index in [0.29, 0.717) is 28.3 Å². The number of likely N-dealkylation sites (N-methyl/N-ethyl adjacent to an activating group) is 1. The second-order valence-corrected chi connectivity index (χ2v) is 16.6. The van der Waals surface area contributed by atoms with Crippen molar-refractivity contribution in [2.75, 3.05) is 32.6 Å². The van der Waals surface area contributed by atoms with Crippen LogP contribution < -0.4 is 15.4 Å². The highest BCUT2D eigenvalue weighted by atomic mass is 35.5. The number of anilines is 1. The number of hydrogen-bond acceptors (Lipinski definition) is 7. The molecule has 0 saturated heterocycles. The zero-order valence-electron chi connectivity index (χ0n) is 36.9. The number of aliphatic hydroxyl groups is 1. The molecule has 320 valence electrons. The molecule has 2 aromatic carbocycles. The number of nitrogens with zero attached hydrogens (tertiary/aromatic N) is 3. The Morgan fingerprint density at radius 3 is 2.36 bits per heavy atom. The lowest BCUT2D eigenvalue weighted by Crippen LogP contribution is -2.49. The van der Waals surface area contributed by atoms with Crippen LogP contribution in [-0.4, -0.2) is 70.5 Å². The molecular weight excluding hydrogens is 762 g/mol. The molecule has 3 atom stereocenters. The summed E-state index contributed by atoms with van der Waals surface area (Å²) in [6.07, 6.45) is 9.98. The smallest absolute Gasteiger partial charge is 0.266 e. The van der Waals surface area contributed by atoms with Crippen molar-refractivity contribution >= 4 is 35.0 Å². The fourth-order valence-electron chi connectivity index (χ4n) is 7.69. The number of carbonyl (C=O) groups excluding carboxylic acids is 3. The van der Waals surface area contributed by atoms with E-state index in [9.17, 15) is 19.5 Å². The number of fused-ring (bicyclic) bond motifs is 1. The number of carbonyl (C=O) groups is 3. The van der Waals surface area contributed by atoms with Gasteiger partial charge in [-0.05, 0) is 92.5 Å². The molecule has 3 aromatic rings. The first-order valence-electron chi connectivity index (χ1n) is 21.3. The van der Waals surface area contributed by atoms with Crippen LogP contribution in [0.15, 0.2) is 66.6 Å². The first-order chi connectivity index (χ1) is 28.1. The lowest BCUT2D eigenvalue weighted by atomic mass is 9.84. The van der Waals surface area contributed by atoms with Gasteiger partial charge >= 0.3 is 0 Å². The molecule has 3 N–H and O–H groups in total. The number of aliphatic hydroxyl groups excluding tert-OH is 1. The van der Waals surface area contributed by atoms with Gasteiger partial charge in [0.1, 0.15) is 11.4 Å². The van der Waals surface area contributed by atoms with Crippen LogP contribution in [0.4, 0.5) is 5.69 Å². The number of aromatic nitrogens is 1. The molecule has 11 heteroatoms. The summed E-state index contributed by atoms with van der Waals surface area (Å²) in [5.41, 5.74) is 6.90. The summed E-state index contributed by atoms with van der Waals surface area (Å²) in [4.78, 5) is 45.9. The third kappa shape index (κ3) is 10.7. The van der Waals surface area contributed by atoms with Gasteiger partial charge in [-0.25, -0.2) is 4.98 Å². The molecule has 10 nitrogen and oxygen atoms in total. The third-order valence-corrected chi connectivity index (χ3v) is 12.9. The van der Waals surface area contributed by atoms with Crippen molar-refractivity contribution in [2.24, 2.45) is 11.8 Å². The Bertz CT molecular complexity index is 2020. The van der Waals surface area contributed by atoms with E-state index in [4.69, 9.17) is 21.3 Å². The summed E-state index contributed by atoms with van der Waals surface area (Å²) in [6.45, 7) is 21.0. The van der Waals surface area contributed by atoms with Crippen LogP contribution in [0.3, 0.4) is 0 Å². The van der Waals surface area contributed by atoms with Crippen molar-refractivity contribution in [1.29, 1.82) is 0 Å². The molecule has 3 unspecified atom stereocenters. The highest BCUT2D eigenvalue weighted by Crippen LogP contribution is 2.43. The van der Waals surface area contributed by atoms with Crippen LogP contribution >= 0.6 is 11.6 Å². The third-order valence-electron chi connectivity index (χ3n) is 12.5. The lowest BCUT2D eigenvalue weighted by molar-refractivity contribution is -0.129. The largest absolute Gasteiger partial charge is 0.481 e. The van der Waals surface area contributed by atoms with E-state index in [1.165, 1.54) is 35.1 Å². The van der Waals surface area contributed by atoms with Gasteiger partial charge in [-0.3, -0.25) is 19.3 Å². The number of amides is 3. The Labute approximate surface area is 357 Å². The summed E-state index contributed by atoms with van der Waals surface area (Å²) < 4.78 is 5.66. The number of nitrogens with one attached hydrogen (secondary N) is 2. The van der Waals surface area contributed by atoms with Gasteiger partial charge in [-0.1, -0.05) is 103 Å². The molecule has 5 rings (SSSR count). The van der Waals surface area contributed by atoms with E-state index < -0.39 is 11.8 Å². The molecule has 0 radical (unpaired) electrons. The number of rotatable bonds is 16. The Morgan fingerprint density at radius 2 is 1.73 bits per heavy atom. The van der Waals surface area contributed by atoms with Gasteiger partial charge in [0, 0.05) is 53.6 Å². The number of hydrogen-bond donors (Lipinski definition) is 3. The first-order valence-corrected chi connectivity index (χ1v) is 21.6. The maximum absolute atomic E-state index is 13.3. The monoisotopic (exact) mass is 827 g/mol. The van der Waals surface area contributed by atoms with Crippen molar-refractivity contribution in [3.63, 3.8) is 0 Å². The minimum atomic E-state index is -0.555. The van der Waals surface area contributed by atoms with Crippen molar-refractivity contribution in [1.82, 2.24) is 20.1 Å². The molecule has 2 heterocycles. The van der Waals surface area contributed by atoms with E-state index >= 15 is 0 Å². The maximum atomic E-state index is 13.3. The summed E-state index contributed by atoms with van der Waals surface area (Å²) in [7, 11) is 3.19. The number of aryl methyl sites for hydroxylation is 1. The SMILES string of the molecule is C=C1N(CCO)C=C(C(=O)Nc2cccc(-c3cccc(-c4cc5c(c(OC)n4)C(C)CC5)c3Cl)c2C)C(=O)N1C.CCC(C)CCC(CC)(CC)NC(=O)C(C)CC. The Morgan fingerprint density at radius 1 is 1.07 bits per heavy atom. The topological polar surface area (TPSA) is 124 Å². The van der Waals surface area contributed by atoms with Gasteiger partial charge in [-0.2, -0.15) is 0 Å². The lowest BCUT2D eigenvalue weighted by Gasteiger charge is -2.35. The van der Waals surface area contributed by atoms with Gasteiger partial charge in [0.2, 0.25) is 11.8 Å². The van der Waals surface area contributed by atoms with Gasteiger partial charge in [-0.15, -0.1) is 0 Å². The molecule has 1 aliphatic heterocycles. The van der Waals surface area contributed by atoms with E-state index in [1.54, 1.807) is 25.1 Å². The number of ether oxygens (including phenoxy) is 1. The number of pyridine rings is 1. The second-order valence-electron chi connectivity index (χ2n) is 16.2. The highest BCUT2D eigenvalue weighted by Gasteiger charge is 2.32. The molecule has 0 saturated carbocycles. The molecule has 1 aromatic heterocycles. The molecule has 3 amide bonds. The Hall–Kier alpha value is -4.67. The highest BCUT2D eigenvalue weighted by molar-refractivity contribution is 6.36. The summed E-state index contributed by atoms with van der Waals surface area (Å²) in [6, 6.07) is 13.5. The van der Waals surface area contributed by atoms with Crippen LogP contribution in [0, 0.1) is 18.8 Å². The summed E-state index contributed by atoms with van der Waals surface area (Å²) in [5, 5.41) is 16.1. The molecule has 1 aliphatic carbocycles. The second kappa shape index (κ2) is 21.0. The van der Waals surface area contributed by atoms with Crippen LogP contribution in [0.1, 0.15) is 116 Å².